The second kappa shape index (κ2) is 20.2. The van der Waals surface area contributed by atoms with Crippen molar-refractivity contribution in [2.45, 2.75) is 60.5 Å². The van der Waals surface area contributed by atoms with Gasteiger partial charge in [-0.1, -0.05) is 18.2 Å². The molecule has 0 aliphatic carbocycles. The average molecular weight is 860 g/mol. The zero-order chi connectivity index (χ0) is 38.2. The molecular weight excluding hydrogens is 827 g/mol. The molecule has 2 aliphatic heterocycles. The molecule has 54 heavy (non-hydrogen) atoms. The van der Waals surface area contributed by atoms with E-state index >= 15 is 0 Å². The molecule has 0 spiro atoms. The van der Waals surface area contributed by atoms with Gasteiger partial charge >= 0.3 is 58.9 Å². The first kappa shape index (κ1) is 43.6. The number of aromatic nitrogens is 6. The first-order chi connectivity index (χ1) is 25.4. The Kier molecular flexibility index (Phi) is 16.3. The van der Waals surface area contributed by atoms with Crippen molar-refractivity contribution in [1.82, 2.24) is 29.5 Å². The van der Waals surface area contributed by atoms with Crippen molar-refractivity contribution in [2.75, 3.05) is 0 Å². The first-order valence-corrected chi connectivity index (χ1v) is 18.4. The summed E-state index contributed by atoms with van der Waals surface area (Å²) in [5.41, 5.74) is 7.08. The first-order valence-electron chi connectivity index (χ1n) is 16.0. The summed E-state index contributed by atoms with van der Waals surface area (Å²) in [6.07, 6.45) is 0.799. The molecule has 8 rings (SSSR count). The van der Waals surface area contributed by atoms with Gasteiger partial charge in [-0.05, 0) is 78.9 Å². The smallest absolute Gasteiger partial charge is 0.369 e. The number of thiophene rings is 2. The molecule has 0 saturated carbocycles. The molecule has 4 aromatic heterocycles. The van der Waals surface area contributed by atoms with Gasteiger partial charge in [0.1, 0.15) is 34.9 Å². The summed E-state index contributed by atoms with van der Waals surface area (Å²) in [4.78, 5) is 2.53. The number of hydrogen-bond acceptors (Lipinski definition) is 10. The van der Waals surface area contributed by atoms with Gasteiger partial charge in [-0.3, -0.25) is 22.1 Å². The van der Waals surface area contributed by atoms with Crippen LogP contribution in [0.4, 0.5) is 12.9 Å². The Morgan fingerprint density at radius 2 is 1.28 bits per heavy atom. The van der Waals surface area contributed by atoms with Crippen LogP contribution in [0, 0.1) is 57.3 Å². The van der Waals surface area contributed by atoms with Crippen LogP contribution in [-0.4, -0.2) is 37.1 Å². The van der Waals surface area contributed by atoms with E-state index in [-0.39, 0.29) is 51.4 Å². The molecule has 0 amide bonds. The number of rotatable bonds is 2. The monoisotopic (exact) mass is 858 g/mol. The van der Waals surface area contributed by atoms with Crippen molar-refractivity contribution < 1.29 is 73.8 Å². The molecule has 272 valence electrons. The maximum Gasteiger partial charge on any atom is 1.00 e. The van der Waals surface area contributed by atoms with Crippen LogP contribution in [0.1, 0.15) is 72.0 Å². The third kappa shape index (κ3) is 10.6. The molecule has 0 radical (unpaired) electrons. The van der Waals surface area contributed by atoms with Gasteiger partial charge in [0.15, 0.2) is 11.6 Å². The fourth-order valence-corrected chi connectivity index (χ4v) is 8.68. The van der Waals surface area contributed by atoms with Crippen molar-refractivity contribution >= 4 is 46.1 Å². The molecule has 2 aliphatic rings. The summed E-state index contributed by atoms with van der Waals surface area (Å²) in [7, 11) is -3.67. The van der Waals surface area contributed by atoms with Crippen molar-refractivity contribution in [1.29, 1.82) is 10.5 Å². The maximum atomic E-state index is 9.67. The molecule has 18 heteroatoms. The molecular formula is C36H32BBrF3KN8O2S2. The van der Waals surface area contributed by atoms with E-state index in [4.69, 9.17) is 20.0 Å². The van der Waals surface area contributed by atoms with Crippen LogP contribution < -0.4 is 51.4 Å². The van der Waals surface area contributed by atoms with Crippen LogP contribution in [0.25, 0.3) is 10.0 Å². The number of nitrogens with zero attached hydrogens (tertiary/aromatic N) is 8. The summed E-state index contributed by atoms with van der Waals surface area (Å²) in [6, 6.07) is 19.2. The second-order valence-electron chi connectivity index (χ2n) is 11.7. The quantitative estimate of drug-likeness (QED) is 0.158. The Balaban J connectivity index is 0.000000186. The SMILES string of the molecule is Cc1sc2c(c1Br)COCc1nnc(C)n1-2.Cc1sc2c(c1Cc1cccc(C#N)c1)COCc1nnc(C)n1-2.FB(F)F.[CH2-]c1cccc(C#N)c1.[K+]. The van der Waals surface area contributed by atoms with E-state index in [1.54, 1.807) is 34.8 Å². The van der Waals surface area contributed by atoms with E-state index in [9.17, 15) is 12.9 Å². The van der Waals surface area contributed by atoms with Crippen LogP contribution in [0.15, 0.2) is 53.0 Å². The summed E-state index contributed by atoms with van der Waals surface area (Å²) in [5, 5.41) is 36.5. The normalized spacial score (nSPS) is 12.0. The summed E-state index contributed by atoms with van der Waals surface area (Å²) in [5.74, 6) is 3.53. The fourth-order valence-electron chi connectivity index (χ4n) is 5.65. The number of fused-ring (bicyclic) bond motifs is 6. The van der Waals surface area contributed by atoms with Crippen molar-refractivity contribution in [3.05, 3.63) is 132 Å². The Morgan fingerprint density at radius 3 is 1.81 bits per heavy atom. The van der Waals surface area contributed by atoms with E-state index in [1.165, 1.54) is 31.4 Å². The van der Waals surface area contributed by atoms with E-state index in [0.717, 1.165) is 50.3 Å². The molecule has 2 aromatic carbocycles. The molecule has 0 saturated heterocycles. The van der Waals surface area contributed by atoms with Gasteiger partial charge in [0, 0.05) is 25.4 Å². The van der Waals surface area contributed by atoms with Crippen LogP contribution in [-0.2, 0) is 42.3 Å². The van der Waals surface area contributed by atoms with Gasteiger partial charge in [-0.25, -0.2) is 0 Å². The minimum atomic E-state index is -3.67. The predicted octanol–water partition coefficient (Wildman–Crippen LogP) is 5.80. The van der Waals surface area contributed by atoms with Gasteiger partial charge in [-0.15, -0.1) is 55.2 Å². The Hall–Kier alpha value is -3.14. The molecule has 0 atom stereocenters. The molecule has 0 unspecified atom stereocenters. The van der Waals surface area contributed by atoms with Crippen molar-refractivity contribution in [3.8, 4) is 22.1 Å². The minimum Gasteiger partial charge on any atom is -0.369 e. The van der Waals surface area contributed by atoms with Gasteiger partial charge < -0.3 is 9.47 Å². The van der Waals surface area contributed by atoms with Crippen LogP contribution in [0.3, 0.4) is 0 Å². The van der Waals surface area contributed by atoms with Gasteiger partial charge in [0.2, 0.25) is 0 Å². The Morgan fingerprint density at radius 1 is 0.778 bits per heavy atom. The Labute approximate surface area is 370 Å². The molecule has 10 nitrogen and oxygen atoms in total. The summed E-state index contributed by atoms with van der Waals surface area (Å²) >= 11 is 7.12. The summed E-state index contributed by atoms with van der Waals surface area (Å²) < 4.78 is 45.8. The van der Waals surface area contributed by atoms with Crippen LogP contribution >= 0.6 is 38.6 Å². The van der Waals surface area contributed by atoms with Crippen LogP contribution in [0.5, 0.6) is 0 Å². The molecule has 0 fully saturated rings. The van der Waals surface area contributed by atoms with Crippen LogP contribution in [0.2, 0.25) is 0 Å². The van der Waals surface area contributed by atoms with E-state index in [2.05, 4.69) is 78.4 Å². The largest absolute Gasteiger partial charge is 1.00 e. The summed E-state index contributed by atoms with van der Waals surface area (Å²) in [6.45, 7) is 14.1. The van der Waals surface area contributed by atoms with E-state index in [0.29, 0.717) is 37.6 Å². The second-order valence-corrected chi connectivity index (χ2v) is 14.9. The standard InChI is InChI=1S/C18H16N4OS.C10H10BrN3OS.C8H6N.BF3.K/c1-11-15(7-13-4-3-5-14(6-13)8-19)16-9-23-10-17-21-20-12(2)22(17)18(16)24-11;1-5-9(11)7-3-15-4-8-13-12-6(2)14(8)10(7)16-5;1-7-3-2-4-8(5-7)6-9;2-1(3)4;/h3-6H,7,9-10H2,1-2H3;3-4H2,1-2H3;2-5H,1H2;;/q;;-1;;+1. The number of hydrogen-bond donors (Lipinski definition) is 0. The van der Waals surface area contributed by atoms with E-state index in [1.807, 2.05) is 50.2 Å². The topological polar surface area (TPSA) is 127 Å². The number of aryl methyl sites for hydroxylation is 4. The molecule has 6 heterocycles. The van der Waals surface area contributed by atoms with Crippen molar-refractivity contribution in [2.24, 2.45) is 0 Å². The van der Waals surface area contributed by atoms with Crippen molar-refractivity contribution in [3.63, 3.8) is 0 Å². The number of ether oxygens (including phenoxy) is 2. The average Bonchev–Trinajstić information content (AvgIpc) is 3.77. The zero-order valence-corrected chi connectivity index (χ0v) is 36.5. The number of benzene rings is 2. The van der Waals surface area contributed by atoms with Gasteiger partial charge in [-0.2, -0.15) is 29.1 Å². The predicted molar refractivity (Wildman–Crippen MR) is 201 cm³/mol. The Bertz CT molecular complexity index is 2310. The van der Waals surface area contributed by atoms with E-state index < -0.39 is 7.54 Å². The molecule has 0 N–H and O–H groups in total. The molecule has 0 bridgehead atoms. The number of nitriles is 2. The zero-order valence-electron chi connectivity index (χ0n) is 30.2. The minimum absolute atomic E-state index is 0. The number of halogens is 4. The maximum absolute atomic E-state index is 9.67. The fraction of sp³-hybridized carbons (Fsp3) is 0.250. The molecule has 6 aromatic rings. The third-order valence-corrected chi connectivity index (χ3v) is 11.7. The van der Waals surface area contributed by atoms with Gasteiger partial charge in [0.05, 0.1) is 30.9 Å². The third-order valence-electron chi connectivity index (χ3n) is 8.02. The van der Waals surface area contributed by atoms with Gasteiger partial charge in [0.25, 0.3) is 0 Å².